The molecule has 1 aliphatic heterocycles. The van der Waals surface area contributed by atoms with E-state index in [1.807, 2.05) is 0 Å². The molecule has 1 saturated heterocycles. The molecule has 46 valence electrons. The molecule has 2 aliphatic rings. The van der Waals surface area contributed by atoms with Gasteiger partial charge in [-0.2, -0.15) is 0 Å². The highest BCUT2D eigenvalue weighted by atomic mass is 16.5. The third-order valence-electron chi connectivity index (χ3n) is 1.98. The minimum Gasteiger partial charge on any atom is -0.378 e. The summed E-state index contributed by atoms with van der Waals surface area (Å²) in [6, 6.07) is 0. The predicted molar refractivity (Wildman–Crippen MR) is 30.8 cm³/mol. The van der Waals surface area contributed by atoms with Gasteiger partial charge in [0.05, 0.1) is 13.2 Å². The van der Waals surface area contributed by atoms with Crippen LogP contribution in [0.4, 0.5) is 0 Å². The zero-order chi connectivity index (χ0) is 5.45. The molecule has 0 aromatic carbocycles. The number of rotatable bonds is 0. The molecule has 0 radical (unpaired) electrons. The van der Waals surface area contributed by atoms with Gasteiger partial charge in [0.2, 0.25) is 0 Å². The average molecular weight is 113 g/mol. The first-order valence-electron chi connectivity index (χ1n) is 3.24. The van der Waals surface area contributed by atoms with Gasteiger partial charge in [0.15, 0.2) is 0 Å². The van der Waals surface area contributed by atoms with Crippen LogP contribution in [0, 0.1) is 0 Å². The van der Waals surface area contributed by atoms with Gasteiger partial charge in [0.25, 0.3) is 0 Å². The van der Waals surface area contributed by atoms with Crippen LogP contribution in [-0.4, -0.2) is 25.3 Å². The number of ether oxygens (including phenoxy) is 1. The molecular weight excluding hydrogens is 102 g/mol. The van der Waals surface area contributed by atoms with Crippen molar-refractivity contribution in [1.82, 2.24) is 5.32 Å². The van der Waals surface area contributed by atoms with Gasteiger partial charge in [-0.25, -0.2) is 0 Å². The molecular formula is C6H11NO. The van der Waals surface area contributed by atoms with Crippen LogP contribution in [0.15, 0.2) is 0 Å². The van der Waals surface area contributed by atoms with Crippen LogP contribution in [0.3, 0.4) is 0 Å². The molecule has 0 bridgehead atoms. The van der Waals surface area contributed by atoms with E-state index in [2.05, 4.69) is 5.32 Å². The quantitative estimate of drug-likeness (QED) is 0.482. The van der Waals surface area contributed by atoms with Gasteiger partial charge in [0.1, 0.15) is 0 Å². The van der Waals surface area contributed by atoms with Crippen LogP contribution in [0.5, 0.6) is 0 Å². The van der Waals surface area contributed by atoms with Gasteiger partial charge < -0.3 is 10.1 Å². The van der Waals surface area contributed by atoms with Crippen molar-refractivity contribution in [2.75, 3.05) is 19.8 Å². The standard InChI is InChI=1S/C6H11NO/c1-2-6(1)5-8-4-3-7-6/h7H,1-5H2. The number of nitrogens with one attached hydrogen (secondary N) is 1. The Morgan fingerprint density at radius 3 is 2.62 bits per heavy atom. The summed E-state index contributed by atoms with van der Waals surface area (Å²) < 4.78 is 5.28. The lowest BCUT2D eigenvalue weighted by Crippen LogP contribution is -2.43. The summed E-state index contributed by atoms with van der Waals surface area (Å²) in [4.78, 5) is 0. The van der Waals surface area contributed by atoms with E-state index in [-0.39, 0.29) is 0 Å². The maximum absolute atomic E-state index is 5.28. The maximum Gasteiger partial charge on any atom is 0.0648 e. The van der Waals surface area contributed by atoms with Crippen LogP contribution in [-0.2, 0) is 4.74 Å². The van der Waals surface area contributed by atoms with Gasteiger partial charge in [-0.3, -0.25) is 0 Å². The van der Waals surface area contributed by atoms with Crippen LogP contribution < -0.4 is 5.32 Å². The number of morpholine rings is 1. The van der Waals surface area contributed by atoms with Crippen molar-refractivity contribution < 1.29 is 4.74 Å². The first kappa shape index (κ1) is 4.77. The lowest BCUT2D eigenvalue weighted by Gasteiger charge is -2.22. The summed E-state index contributed by atoms with van der Waals surface area (Å²) in [5, 5.41) is 3.44. The summed E-state index contributed by atoms with van der Waals surface area (Å²) in [6.45, 7) is 2.91. The smallest absolute Gasteiger partial charge is 0.0648 e. The highest BCUT2D eigenvalue weighted by molar-refractivity contribution is 5.03. The largest absolute Gasteiger partial charge is 0.378 e. The number of hydrogen-bond donors (Lipinski definition) is 1. The third kappa shape index (κ3) is 0.644. The van der Waals surface area contributed by atoms with Crippen molar-refractivity contribution in [1.29, 1.82) is 0 Å². The topological polar surface area (TPSA) is 21.3 Å². The molecule has 1 spiro atoms. The first-order chi connectivity index (χ1) is 3.91. The SMILES string of the molecule is C1COCC2(CC2)N1. The van der Waals surface area contributed by atoms with E-state index < -0.39 is 0 Å². The van der Waals surface area contributed by atoms with Crippen molar-refractivity contribution >= 4 is 0 Å². The van der Waals surface area contributed by atoms with E-state index in [1.165, 1.54) is 12.8 Å². The minimum atomic E-state index is 0.457. The molecule has 1 heterocycles. The fourth-order valence-corrected chi connectivity index (χ4v) is 1.18. The van der Waals surface area contributed by atoms with Crippen LogP contribution in [0.1, 0.15) is 12.8 Å². The normalized spacial score (nSPS) is 33.0. The fourth-order valence-electron chi connectivity index (χ4n) is 1.18. The summed E-state index contributed by atoms with van der Waals surface area (Å²) >= 11 is 0. The molecule has 2 heteroatoms. The predicted octanol–water partition coefficient (Wildman–Crippen LogP) is 0.139. The van der Waals surface area contributed by atoms with Gasteiger partial charge in [0, 0.05) is 12.1 Å². The monoisotopic (exact) mass is 113 g/mol. The molecule has 0 aromatic rings. The molecule has 0 unspecified atom stereocenters. The summed E-state index contributed by atoms with van der Waals surface area (Å²) in [6.07, 6.45) is 2.65. The van der Waals surface area contributed by atoms with Crippen molar-refractivity contribution in [3.8, 4) is 0 Å². The second kappa shape index (κ2) is 1.45. The molecule has 0 aromatic heterocycles. The Morgan fingerprint density at radius 1 is 1.38 bits per heavy atom. The second-order valence-corrected chi connectivity index (χ2v) is 2.76. The van der Waals surface area contributed by atoms with Gasteiger partial charge in [-0.15, -0.1) is 0 Å². The average Bonchev–Trinajstić information content (AvgIpc) is 2.52. The molecule has 1 N–H and O–H groups in total. The lowest BCUT2D eigenvalue weighted by atomic mass is 10.3. The Bertz CT molecular complexity index is 90.7. The van der Waals surface area contributed by atoms with Crippen LogP contribution in [0.25, 0.3) is 0 Å². The van der Waals surface area contributed by atoms with E-state index in [1.54, 1.807) is 0 Å². The molecule has 8 heavy (non-hydrogen) atoms. The Kier molecular flexibility index (Phi) is 0.866. The maximum atomic E-state index is 5.28. The van der Waals surface area contributed by atoms with E-state index in [0.29, 0.717) is 5.54 Å². The van der Waals surface area contributed by atoms with Gasteiger partial charge >= 0.3 is 0 Å². The first-order valence-corrected chi connectivity index (χ1v) is 3.24. The Hall–Kier alpha value is -0.0800. The molecule has 0 amide bonds. The Labute approximate surface area is 49.2 Å². The van der Waals surface area contributed by atoms with Crippen molar-refractivity contribution in [3.63, 3.8) is 0 Å². The zero-order valence-electron chi connectivity index (χ0n) is 4.94. The van der Waals surface area contributed by atoms with Crippen LogP contribution >= 0.6 is 0 Å². The van der Waals surface area contributed by atoms with E-state index in [0.717, 1.165) is 19.8 Å². The molecule has 2 nitrogen and oxygen atoms in total. The van der Waals surface area contributed by atoms with Crippen molar-refractivity contribution in [2.45, 2.75) is 18.4 Å². The molecule has 2 rings (SSSR count). The number of hydrogen-bond acceptors (Lipinski definition) is 2. The molecule has 1 aliphatic carbocycles. The molecule has 1 saturated carbocycles. The summed E-state index contributed by atoms with van der Waals surface area (Å²) in [5.74, 6) is 0. The van der Waals surface area contributed by atoms with E-state index in [4.69, 9.17) is 4.74 Å². The molecule has 2 fully saturated rings. The summed E-state index contributed by atoms with van der Waals surface area (Å²) in [7, 11) is 0. The highest BCUT2D eigenvalue weighted by Gasteiger charge is 2.43. The zero-order valence-corrected chi connectivity index (χ0v) is 4.94. The minimum absolute atomic E-state index is 0.457. The third-order valence-corrected chi connectivity index (χ3v) is 1.98. The van der Waals surface area contributed by atoms with E-state index in [9.17, 15) is 0 Å². The van der Waals surface area contributed by atoms with Crippen molar-refractivity contribution in [3.05, 3.63) is 0 Å². The molecule has 0 atom stereocenters. The highest BCUT2D eigenvalue weighted by Crippen LogP contribution is 2.36. The Morgan fingerprint density at radius 2 is 2.25 bits per heavy atom. The summed E-state index contributed by atoms with van der Waals surface area (Å²) in [5.41, 5.74) is 0.457. The van der Waals surface area contributed by atoms with E-state index >= 15 is 0 Å². The van der Waals surface area contributed by atoms with Crippen LogP contribution in [0.2, 0.25) is 0 Å². The Balaban J connectivity index is 1.95. The fraction of sp³-hybridized carbons (Fsp3) is 1.00. The lowest BCUT2D eigenvalue weighted by molar-refractivity contribution is 0.0682. The second-order valence-electron chi connectivity index (χ2n) is 2.76. The van der Waals surface area contributed by atoms with Crippen molar-refractivity contribution in [2.24, 2.45) is 0 Å². The van der Waals surface area contributed by atoms with Gasteiger partial charge in [-0.1, -0.05) is 0 Å². The van der Waals surface area contributed by atoms with Gasteiger partial charge in [-0.05, 0) is 12.8 Å².